The lowest BCUT2D eigenvalue weighted by atomic mass is 10.2. The lowest BCUT2D eigenvalue weighted by Crippen LogP contribution is -1.99. The summed E-state index contributed by atoms with van der Waals surface area (Å²) in [5.41, 5.74) is 0.148. The number of carboxylic acids is 1. The topological polar surface area (TPSA) is 55.8 Å². The Kier molecular flexibility index (Phi) is 3.35. The number of hydrogen-bond acceptors (Lipinski definition) is 3. The largest absolute Gasteiger partial charge is 0.493 e. The number of benzene rings is 1. The predicted octanol–water partition coefficient (Wildman–Crippen LogP) is 2.16. The molecule has 0 atom stereocenters. The Morgan fingerprint density at radius 1 is 1.36 bits per heavy atom. The van der Waals surface area contributed by atoms with Crippen molar-refractivity contribution >= 4 is 21.9 Å². The molecule has 0 spiro atoms. The second kappa shape index (κ2) is 4.32. The Morgan fingerprint density at radius 3 is 2.43 bits per heavy atom. The van der Waals surface area contributed by atoms with E-state index in [1.54, 1.807) is 0 Å². The van der Waals surface area contributed by atoms with E-state index < -0.39 is 5.97 Å². The second-order valence-corrected chi connectivity index (χ2v) is 3.35. The number of hydrogen-bond donors (Lipinski definition) is 1. The first-order valence-corrected chi connectivity index (χ1v) is 4.54. The number of methoxy groups -OCH3 is 2. The summed E-state index contributed by atoms with van der Waals surface area (Å²) in [6, 6.07) is 2.87. The fourth-order valence-electron chi connectivity index (χ4n) is 1.04. The molecule has 76 valence electrons. The van der Waals surface area contributed by atoms with Crippen LogP contribution < -0.4 is 9.47 Å². The molecule has 0 aromatic heterocycles. The molecule has 0 aliphatic carbocycles. The van der Waals surface area contributed by atoms with Crippen molar-refractivity contribution < 1.29 is 19.4 Å². The summed E-state index contributed by atoms with van der Waals surface area (Å²) in [6.07, 6.45) is 0. The molecule has 0 fully saturated rings. The van der Waals surface area contributed by atoms with Gasteiger partial charge in [0.05, 0.1) is 24.3 Å². The van der Waals surface area contributed by atoms with Crippen molar-refractivity contribution in [3.05, 3.63) is 22.2 Å². The van der Waals surface area contributed by atoms with Gasteiger partial charge < -0.3 is 14.6 Å². The van der Waals surface area contributed by atoms with Gasteiger partial charge in [0.25, 0.3) is 0 Å². The van der Waals surface area contributed by atoms with E-state index in [1.165, 1.54) is 26.4 Å². The SMILES string of the molecule is COc1cc(C(=O)O)cc(Br)c1OC. The zero-order valence-electron chi connectivity index (χ0n) is 7.70. The minimum absolute atomic E-state index is 0.148. The lowest BCUT2D eigenvalue weighted by molar-refractivity contribution is 0.0696. The van der Waals surface area contributed by atoms with Crippen LogP contribution in [0, 0.1) is 0 Å². The summed E-state index contributed by atoms with van der Waals surface area (Å²) in [7, 11) is 2.94. The lowest BCUT2D eigenvalue weighted by Gasteiger charge is -2.09. The molecule has 1 N–H and O–H groups in total. The second-order valence-electron chi connectivity index (χ2n) is 2.50. The van der Waals surface area contributed by atoms with Crippen LogP contribution >= 0.6 is 15.9 Å². The number of carboxylic acid groups (broad SMARTS) is 1. The van der Waals surface area contributed by atoms with Crippen LogP contribution in [0.4, 0.5) is 0 Å². The highest BCUT2D eigenvalue weighted by Crippen LogP contribution is 2.36. The Bertz CT molecular complexity index is 362. The third kappa shape index (κ3) is 1.98. The van der Waals surface area contributed by atoms with Gasteiger partial charge in [-0.3, -0.25) is 0 Å². The van der Waals surface area contributed by atoms with Gasteiger partial charge in [0, 0.05) is 0 Å². The first kappa shape index (κ1) is 10.8. The number of rotatable bonds is 3. The van der Waals surface area contributed by atoms with Gasteiger partial charge in [-0.15, -0.1) is 0 Å². The number of carbonyl (C=O) groups is 1. The van der Waals surface area contributed by atoms with Gasteiger partial charge in [-0.25, -0.2) is 4.79 Å². The van der Waals surface area contributed by atoms with Crippen LogP contribution in [-0.4, -0.2) is 25.3 Å². The molecule has 1 aromatic carbocycles. The normalized spacial score (nSPS) is 9.64. The van der Waals surface area contributed by atoms with Crippen LogP contribution in [0.5, 0.6) is 11.5 Å². The fraction of sp³-hybridized carbons (Fsp3) is 0.222. The van der Waals surface area contributed by atoms with E-state index in [2.05, 4.69) is 15.9 Å². The highest BCUT2D eigenvalue weighted by molar-refractivity contribution is 9.10. The van der Waals surface area contributed by atoms with Crippen molar-refractivity contribution in [1.29, 1.82) is 0 Å². The van der Waals surface area contributed by atoms with Gasteiger partial charge in [0.15, 0.2) is 11.5 Å². The van der Waals surface area contributed by atoms with Crippen LogP contribution in [0.1, 0.15) is 10.4 Å². The predicted molar refractivity (Wildman–Crippen MR) is 54.2 cm³/mol. The number of ether oxygens (including phenoxy) is 2. The molecular weight excluding hydrogens is 252 g/mol. The Hall–Kier alpha value is -1.23. The molecule has 0 saturated heterocycles. The van der Waals surface area contributed by atoms with Crippen molar-refractivity contribution in [2.45, 2.75) is 0 Å². The van der Waals surface area contributed by atoms with Gasteiger partial charge in [-0.2, -0.15) is 0 Å². The maximum atomic E-state index is 10.7. The molecule has 4 nitrogen and oxygen atoms in total. The maximum Gasteiger partial charge on any atom is 0.335 e. The van der Waals surface area contributed by atoms with Gasteiger partial charge in [-0.05, 0) is 28.1 Å². The Balaban J connectivity index is 3.31. The van der Waals surface area contributed by atoms with E-state index in [9.17, 15) is 4.79 Å². The minimum atomic E-state index is -1.01. The summed E-state index contributed by atoms with van der Waals surface area (Å²) in [5.74, 6) is -0.136. The van der Waals surface area contributed by atoms with Crippen LogP contribution in [0.25, 0.3) is 0 Å². The first-order chi connectivity index (χ1) is 6.60. The number of halogens is 1. The van der Waals surface area contributed by atoms with E-state index in [4.69, 9.17) is 14.6 Å². The maximum absolute atomic E-state index is 10.7. The van der Waals surface area contributed by atoms with Crippen LogP contribution in [0.2, 0.25) is 0 Å². The fourth-order valence-corrected chi connectivity index (χ4v) is 1.65. The molecule has 0 saturated carbocycles. The zero-order valence-corrected chi connectivity index (χ0v) is 9.29. The van der Waals surface area contributed by atoms with Gasteiger partial charge >= 0.3 is 5.97 Å². The van der Waals surface area contributed by atoms with E-state index in [0.717, 1.165) is 0 Å². The van der Waals surface area contributed by atoms with E-state index in [0.29, 0.717) is 16.0 Å². The summed E-state index contributed by atoms with van der Waals surface area (Å²) in [6.45, 7) is 0. The highest BCUT2D eigenvalue weighted by atomic mass is 79.9. The summed E-state index contributed by atoms with van der Waals surface area (Å²) in [4.78, 5) is 10.7. The van der Waals surface area contributed by atoms with Crippen molar-refractivity contribution in [3.63, 3.8) is 0 Å². The number of aromatic carboxylic acids is 1. The van der Waals surface area contributed by atoms with Crippen molar-refractivity contribution in [3.8, 4) is 11.5 Å². The average molecular weight is 261 g/mol. The monoisotopic (exact) mass is 260 g/mol. The summed E-state index contributed by atoms with van der Waals surface area (Å²) >= 11 is 3.20. The van der Waals surface area contributed by atoms with Crippen LogP contribution in [0.15, 0.2) is 16.6 Å². The molecule has 0 bridgehead atoms. The molecule has 14 heavy (non-hydrogen) atoms. The van der Waals surface area contributed by atoms with E-state index >= 15 is 0 Å². The molecule has 0 unspecified atom stereocenters. The molecule has 0 aliphatic heterocycles. The molecule has 1 rings (SSSR count). The zero-order chi connectivity index (χ0) is 10.7. The molecule has 0 radical (unpaired) electrons. The molecule has 0 heterocycles. The molecular formula is C9H9BrO4. The molecule has 0 aliphatic rings. The Morgan fingerprint density at radius 2 is 2.00 bits per heavy atom. The molecule has 0 amide bonds. The smallest absolute Gasteiger partial charge is 0.335 e. The standard InChI is InChI=1S/C9H9BrO4/c1-13-7-4-5(9(11)12)3-6(10)8(7)14-2/h3-4H,1-2H3,(H,11,12). The summed E-state index contributed by atoms with van der Waals surface area (Å²) < 4.78 is 10.6. The van der Waals surface area contributed by atoms with Crippen LogP contribution in [0.3, 0.4) is 0 Å². The molecule has 5 heteroatoms. The van der Waals surface area contributed by atoms with E-state index in [-0.39, 0.29) is 5.56 Å². The third-order valence-electron chi connectivity index (χ3n) is 1.68. The van der Waals surface area contributed by atoms with Crippen LogP contribution in [-0.2, 0) is 0 Å². The van der Waals surface area contributed by atoms with Crippen molar-refractivity contribution in [2.24, 2.45) is 0 Å². The third-order valence-corrected chi connectivity index (χ3v) is 2.27. The minimum Gasteiger partial charge on any atom is -0.493 e. The first-order valence-electron chi connectivity index (χ1n) is 3.75. The highest BCUT2D eigenvalue weighted by Gasteiger charge is 2.13. The molecule has 1 aromatic rings. The quantitative estimate of drug-likeness (QED) is 0.905. The van der Waals surface area contributed by atoms with Crippen molar-refractivity contribution in [2.75, 3.05) is 14.2 Å². The van der Waals surface area contributed by atoms with Crippen molar-refractivity contribution in [1.82, 2.24) is 0 Å². The average Bonchev–Trinajstić information content (AvgIpc) is 2.16. The summed E-state index contributed by atoms with van der Waals surface area (Å²) in [5, 5.41) is 8.78. The van der Waals surface area contributed by atoms with Gasteiger partial charge in [0.2, 0.25) is 0 Å². The van der Waals surface area contributed by atoms with E-state index in [1.807, 2.05) is 0 Å². The van der Waals surface area contributed by atoms with Gasteiger partial charge in [0.1, 0.15) is 0 Å². The Labute approximate surface area is 89.6 Å². The van der Waals surface area contributed by atoms with Gasteiger partial charge in [-0.1, -0.05) is 0 Å².